The third kappa shape index (κ3) is 0.763. The third-order valence-corrected chi connectivity index (χ3v) is 13.9. The number of hydrogen-bond acceptors (Lipinski definition) is 1. The van der Waals surface area contributed by atoms with Crippen molar-refractivity contribution in [2.24, 2.45) is 5.92 Å². The van der Waals surface area contributed by atoms with Gasteiger partial charge in [0.2, 0.25) is 0 Å². The smallest absolute Gasteiger partial charge is 0.0444 e. The van der Waals surface area contributed by atoms with Crippen LogP contribution in [0, 0.1) is 18.3 Å². The number of rotatable bonds is 2. The van der Waals surface area contributed by atoms with Crippen molar-refractivity contribution in [3.63, 3.8) is 0 Å². The molecule has 3 heterocycles. The first-order valence-corrected chi connectivity index (χ1v) is 9.21. The minimum atomic E-state index is -1.52. The topological polar surface area (TPSA) is 3.01 Å². The summed E-state index contributed by atoms with van der Waals surface area (Å²) in [6.45, 7) is 3.52. The van der Waals surface area contributed by atoms with Crippen LogP contribution in [0.2, 0.25) is 0 Å². The van der Waals surface area contributed by atoms with Crippen molar-refractivity contribution in [2.45, 2.75) is 19.4 Å². The number of nitrogens with zero attached hydrogens (tertiary/aromatic N) is 1. The molecular formula is C12H21NS. The van der Waals surface area contributed by atoms with Crippen molar-refractivity contribution < 1.29 is 0 Å². The van der Waals surface area contributed by atoms with Crippen molar-refractivity contribution in [3.8, 4) is 12.3 Å². The van der Waals surface area contributed by atoms with Crippen LogP contribution in [0.4, 0.5) is 0 Å². The fraction of sp³-hybridized carbons (Fsp3) is 0.833. The molecule has 3 aliphatic heterocycles. The Hall–Kier alpha value is -0.130. The summed E-state index contributed by atoms with van der Waals surface area (Å²) in [6.07, 6.45) is 9.64. The molecule has 2 heteroatoms. The molecule has 3 saturated heterocycles. The van der Waals surface area contributed by atoms with E-state index in [-0.39, 0.29) is 0 Å². The Morgan fingerprint density at radius 1 is 1.36 bits per heavy atom. The van der Waals surface area contributed by atoms with Crippen LogP contribution in [0.25, 0.3) is 0 Å². The molecule has 3 unspecified atom stereocenters. The van der Waals surface area contributed by atoms with Gasteiger partial charge >= 0.3 is 0 Å². The van der Waals surface area contributed by atoms with Crippen LogP contribution in [0.15, 0.2) is 0 Å². The van der Waals surface area contributed by atoms with E-state index in [1.165, 1.54) is 36.0 Å². The number of hydrogen-bond donors (Lipinski definition) is 0. The van der Waals surface area contributed by atoms with Gasteiger partial charge in [-0.3, -0.25) is 4.31 Å². The van der Waals surface area contributed by atoms with Crippen LogP contribution in [-0.4, -0.2) is 46.2 Å². The highest BCUT2D eigenvalue weighted by molar-refractivity contribution is 8.68. The third-order valence-electron chi connectivity index (χ3n) is 5.46. The van der Waals surface area contributed by atoms with Gasteiger partial charge in [0, 0.05) is 18.5 Å². The molecule has 1 spiro atoms. The van der Waals surface area contributed by atoms with E-state index in [1.54, 1.807) is 0 Å². The Bertz CT molecular complexity index is 353. The van der Waals surface area contributed by atoms with E-state index in [2.05, 4.69) is 23.4 Å². The molecule has 3 fully saturated rings. The molecule has 3 atom stereocenters. The normalized spacial score (nSPS) is 50.9. The van der Waals surface area contributed by atoms with Gasteiger partial charge in [-0.05, 0) is 42.6 Å². The minimum Gasteiger partial charge on any atom is -0.273 e. The maximum absolute atomic E-state index is 5.52. The van der Waals surface area contributed by atoms with Gasteiger partial charge in [-0.2, -0.15) is 0 Å². The molecule has 0 saturated carbocycles. The van der Waals surface area contributed by atoms with Gasteiger partial charge in [0.15, 0.2) is 0 Å². The summed E-state index contributed by atoms with van der Waals surface area (Å²) in [5.74, 6) is 9.53. The highest BCUT2D eigenvalue weighted by Crippen LogP contribution is 3.05. The standard InChI is InChI=1S/C12H21NS/c1-4-11(2)12-10-13(12)14(3,8-9-14)6-5-7-14/h1,11-12H,5-10H2,2-3H3. The molecule has 3 aliphatic rings. The lowest BCUT2D eigenvalue weighted by molar-refractivity contribution is 0.632. The van der Waals surface area contributed by atoms with Gasteiger partial charge < -0.3 is 0 Å². The monoisotopic (exact) mass is 211 g/mol. The molecular weight excluding hydrogens is 190 g/mol. The first-order valence-electron chi connectivity index (χ1n) is 5.72. The number of terminal acetylenes is 1. The van der Waals surface area contributed by atoms with E-state index in [0.29, 0.717) is 5.92 Å². The summed E-state index contributed by atoms with van der Waals surface area (Å²) in [5, 5.41) is 0. The highest BCUT2D eigenvalue weighted by atomic mass is 32.4. The molecule has 0 N–H and O–H groups in total. The second kappa shape index (κ2) is 1.90. The largest absolute Gasteiger partial charge is 0.273 e. The Labute approximate surface area is 86.6 Å². The molecule has 80 valence electrons. The molecule has 0 bridgehead atoms. The first kappa shape index (κ1) is 9.12. The quantitative estimate of drug-likeness (QED) is 0.497. The molecule has 0 radical (unpaired) electrons. The fourth-order valence-electron chi connectivity index (χ4n) is 3.55. The summed E-state index contributed by atoms with van der Waals surface area (Å²) in [4.78, 5) is 0. The molecule has 14 heavy (non-hydrogen) atoms. The van der Waals surface area contributed by atoms with E-state index in [1.807, 2.05) is 0 Å². The van der Waals surface area contributed by atoms with Crippen molar-refractivity contribution >= 4 is 8.48 Å². The van der Waals surface area contributed by atoms with E-state index < -0.39 is 8.48 Å². The van der Waals surface area contributed by atoms with Crippen LogP contribution in [0.3, 0.4) is 0 Å². The van der Waals surface area contributed by atoms with Crippen molar-refractivity contribution in [1.29, 1.82) is 0 Å². The molecule has 0 aliphatic carbocycles. The Kier molecular flexibility index (Phi) is 1.24. The van der Waals surface area contributed by atoms with Gasteiger partial charge in [0.1, 0.15) is 0 Å². The lowest BCUT2D eigenvalue weighted by Crippen LogP contribution is -2.45. The maximum Gasteiger partial charge on any atom is 0.0444 e. The zero-order chi connectivity index (χ0) is 10.1. The molecule has 0 aromatic heterocycles. The first-order chi connectivity index (χ1) is 6.47. The minimum absolute atomic E-state index is 0.473. The predicted octanol–water partition coefficient (Wildman–Crippen LogP) is 1.78. The van der Waals surface area contributed by atoms with Crippen LogP contribution in [0.5, 0.6) is 0 Å². The van der Waals surface area contributed by atoms with Crippen LogP contribution in [0.1, 0.15) is 13.3 Å². The second-order valence-corrected chi connectivity index (χ2v) is 14.6. The van der Waals surface area contributed by atoms with Gasteiger partial charge in [0.05, 0.1) is 0 Å². The summed E-state index contributed by atoms with van der Waals surface area (Å²) < 4.78 is 2.86. The Morgan fingerprint density at radius 2 is 2.00 bits per heavy atom. The van der Waals surface area contributed by atoms with E-state index in [4.69, 9.17) is 6.42 Å². The van der Waals surface area contributed by atoms with Crippen molar-refractivity contribution in [3.05, 3.63) is 0 Å². The zero-order valence-electron chi connectivity index (χ0n) is 9.33. The van der Waals surface area contributed by atoms with E-state index >= 15 is 0 Å². The lowest BCUT2D eigenvalue weighted by atomic mass is 10.1. The summed E-state index contributed by atoms with van der Waals surface area (Å²) >= 11 is 0. The Morgan fingerprint density at radius 3 is 2.36 bits per heavy atom. The fourth-order valence-corrected chi connectivity index (χ4v) is 11.1. The predicted molar refractivity (Wildman–Crippen MR) is 66.1 cm³/mol. The average molecular weight is 211 g/mol. The summed E-state index contributed by atoms with van der Waals surface area (Å²) in [6, 6.07) is 0.745. The molecule has 1 nitrogen and oxygen atoms in total. The van der Waals surface area contributed by atoms with Crippen LogP contribution < -0.4 is 0 Å². The summed E-state index contributed by atoms with van der Waals surface area (Å²) in [5.41, 5.74) is 0. The van der Waals surface area contributed by atoms with E-state index in [9.17, 15) is 0 Å². The highest BCUT2D eigenvalue weighted by Gasteiger charge is 2.78. The summed E-state index contributed by atoms with van der Waals surface area (Å²) in [7, 11) is -1.52. The SMILES string of the molecule is C#CC(C)C1CN1S12(C)(CCC1)CC2. The van der Waals surface area contributed by atoms with Gasteiger partial charge in [-0.25, -0.2) is 8.48 Å². The van der Waals surface area contributed by atoms with Crippen LogP contribution in [-0.2, 0) is 0 Å². The molecule has 0 aromatic carbocycles. The van der Waals surface area contributed by atoms with Gasteiger partial charge in [0.25, 0.3) is 0 Å². The molecule has 3 rings (SSSR count). The lowest BCUT2D eigenvalue weighted by Gasteiger charge is -2.71. The zero-order valence-corrected chi connectivity index (χ0v) is 10.1. The van der Waals surface area contributed by atoms with Crippen molar-refractivity contribution in [1.82, 2.24) is 4.31 Å². The van der Waals surface area contributed by atoms with Crippen molar-refractivity contribution in [2.75, 3.05) is 35.8 Å². The molecule has 0 amide bonds. The van der Waals surface area contributed by atoms with Gasteiger partial charge in [-0.15, -0.1) is 12.3 Å². The maximum atomic E-state index is 5.52. The molecule has 0 aromatic rings. The second-order valence-electron chi connectivity index (χ2n) is 6.37. The van der Waals surface area contributed by atoms with E-state index in [0.717, 1.165) is 6.04 Å². The Balaban J connectivity index is 1.85. The average Bonchev–Trinajstić information content (AvgIpc) is 2.96. The van der Waals surface area contributed by atoms with Gasteiger partial charge in [-0.1, -0.05) is 0 Å². The van der Waals surface area contributed by atoms with Crippen LogP contribution >= 0.6 is 8.48 Å².